The van der Waals surface area contributed by atoms with Gasteiger partial charge in [0, 0.05) is 30.1 Å². The summed E-state index contributed by atoms with van der Waals surface area (Å²) in [6.07, 6.45) is 0. The zero-order chi connectivity index (χ0) is 23.3. The summed E-state index contributed by atoms with van der Waals surface area (Å²) in [7, 11) is 1.53. The van der Waals surface area contributed by atoms with Crippen LogP contribution >= 0.6 is 11.6 Å². The Hall–Kier alpha value is -3.10. The number of para-hydroxylation sites is 1. The van der Waals surface area contributed by atoms with Crippen molar-refractivity contribution in [3.63, 3.8) is 0 Å². The summed E-state index contributed by atoms with van der Waals surface area (Å²) in [6, 6.07) is 12.2. The largest absolute Gasteiger partial charge is 0.383 e. The van der Waals surface area contributed by atoms with Gasteiger partial charge in [0.2, 0.25) is 11.8 Å². The van der Waals surface area contributed by atoms with Crippen molar-refractivity contribution in [3.05, 3.63) is 58.6 Å². The highest BCUT2D eigenvalue weighted by molar-refractivity contribution is 6.30. The number of methoxy groups -OCH3 is 1. The normalized spacial score (nSPS) is 13.4. The number of nitrogens with zero attached hydrogens (tertiary/aromatic N) is 3. The van der Waals surface area contributed by atoms with Crippen molar-refractivity contribution in [2.45, 2.75) is 13.8 Å². The fourth-order valence-corrected chi connectivity index (χ4v) is 3.60. The van der Waals surface area contributed by atoms with E-state index in [1.807, 2.05) is 32.0 Å². The summed E-state index contributed by atoms with van der Waals surface area (Å²) in [6.45, 7) is 4.25. The molecule has 2 aromatic rings. The minimum atomic E-state index is -0.395. The third-order valence-corrected chi connectivity index (χ3v) is 5.57. The van der Waals surface area contributed by atoms with Crippen LogP contribution in [-0.4, -0.2) is 67.7 Å². The van der Waals surface area contributed by atoms with Gasteiger partial charge in [-0.15, -0.1) is 0 Å². The molecule has 0 aromatic heterocycles. The monoisotopic (exact) mass is 458 g/mol. The molecule has 9 heteroatoms. The smallest absolute Gasteiger partial charge is 0.322 e. The Kier molecular flexibility index (Phi) is 7.71. The molecule has 2 aromatic carbocycles. The maximum atomic E-state index is 13.0. The van der Waals surface area contributed by atoms with E-state index in [9.17, 15) is 14.4 Å². The molecule has 1 saturated heterocycles. The molecular weight excluding hydrogens is 432 g/mol. The highest BCUT2D eigenvalue weighted by atomic mass is 35.5. The first-order chi connectivity index (χ1) is 15.3. The number of carbonyl (C=O) groups excluding carboxylic acids is 3. The van der Waals surface area contributed by atoms with Crippen LogP contribution in [0.5, 0.6) is 0 Å². The van der Waals surface area contributed by atoms with E-state index in [0.29, 0.717) is 10.7 Å². The average Bonchev–Trinajstić information content (AvgIpc) is 3.16. The Morgan fingerprint density at radius 2 is 1.78 bits per heavy atom. The number of anilines is 2. The van der Waals surface area contributed by atoms with Crippen LogP contribution < -0.4 is 10.2 Å². The molecule has 4 amide bonds. The average molecular weight is 459 g/mol. The number of urea groups is 1. The van der Waals surface area contributed by atoms with Crippen molar-refractivity contribution in [2.75, 3.05) is 50.2 Å². The lowest BCUT2D eigenvalue weighted by Gasteiger charge is -2.26. The van der Waals surface area contributed by atoms with E-state index in [-0.39, 0.29) is 44.7 Å². The molecule has 3 rings (SSSR count). The van der Waals surface area contributed by atoms with Gasteiger partial charge in [-0.2, -0.15) is 0 Å². The fourth-order valence-electron chi connectivity index (χ4n) is 3.48. The van der Waals surface area contributed by atoms with Gasteiger partial charge in [-0.25, -0.2) is 4.79 Å². The second kappa shape index (κ2) is 10.5. The topological polar surface area (TPSA) is 82.2 Å². The van der Waals surface area contributed by atoms with Gasteiger partial charge >= 0.3 is 6.03 Å². The standard InChI is InChI=1S/C23H27ClN4O4/c1-16-5-4-6-17(2)22(16)25-23(31)26(11-12-32-3)13-20(29)27-14-21(30)28(15-27)19-9-7-18(24)8-10-19/h4-10H,11-15H2,1-3H3,(H,25,31). The van der Waals surface area contributed by atoms with Gasteiger partial charge in [0.25, 0.3) is 0 Å². The number of rotatable bonds is 7. The maximum absolute atomic E-state index is 13.0. The molecule has 8 nitrogen and oxygen atoms in total. The number of aryl methyl sites for hydroxylation is 2. The number of hydrogen-bond acceptors (Lipinski definition) is 4. The highest BCUT2D eigenvalue weighted by Crippen LogP contribution is 2.22. The molecule has 170 valence electrons. The van der Waals surface area contributed by atoms with Crippen LogP contribution in [0.25, 0.3) is 0 Å². The van der Waals surface area contributed by atoms with Crippen LogP contribution in [0.15, 0.2) is 42.5 Å². The van der Waals surface area contributed by atoms with Crippen molar-refractivity contribution in [1.29, 1.82) is 0 Å². The Balaban J connectivity index is 1.68. The molecular formula is C23H27ClN4O4. The summed E-state index contributed by atoms with van der Waals surface area (Å²) in [5.74, 6) is -0.508. The van der Waals surface area contributed by atoms with E-state index < -0.39 is 6.03 Å². The Bertz CT molecular complexity index is 976. The van der Waals surface area contributed by atoms with Crippen LogP contribution in [0.2, 0.25) is 5.02 Å². The summed E-state index contributed by atoms with van der Waals surface area (Å²) < 4.78 is 5.11. The van der Waals surface area contributed by atoms with Crippen LogP contribution in [0.3, 0.4) is 0 Å². The maximum Gasteiger partial charge on any atom is 0.322 e. The van der Waals surface area contributed by atoms with E-state index in [2.05, 4.69) is 5.32 Å². The molecule has 1 aliphatic rings. The van der Waals surface area contributed by atoms with Crippen LogP contribution in [0, 0.1) is 13.8 Å². The number of hydrogen-bond donors (Lipinski definition) is 1. The molecule has 0 unspecified atom stereocenters. The lowest BCUT2D eigenvalue weighted by Crippen LogP contribution is -2.45. The number of ether oxygens (including phenoxy) is 1. The second-order valence-corrected chi connectivity index (χ2v) is 8.08. The molecule has 0 bridgehead atoms. The zero-order valence-electron chi connectivity index (χ0n) is 18.4. The Labute approximate surface area is 192 Å². The minimum absolute atomic E-state index is 0.0436. The molecule has 0 aliphatic carbocycles. The predicted molar refractivity (Wildman–Crippen MR) is 124 cm³/mol. The SMILES string of the molecule is COCCN(CC(=O)N1CC(=O)N(c2ccc(Cl)cc2)C1)C(=O)Nc1c(C)cccc1C. The predicted octanol–water partition coefficient (Wildman–Crippen LogP) is 3.27. The number of halogens is 1. The number of carbonyl (C=O) groups is 3. The summed E-state index contributed by atoms with van der Waals surface area (Å²) >= 11 is 5.92. The summed E-state index contributed by atoms with van der Waals surface area (Å²) in [5.41, 5.74) is 3.25. The van der Waals surface area contributed by atoms with Crippen molar-refractivity contribution in [3.8, 4) is 0 Å². The van der Waals surface area contributed by atoms with Gasteiger partial charge < -0.3 is 19.9 Å². The third kappa shape index (κ3) is 5.57. The molecule has 0 saturated carbocycles. The number of amides is 4. The van der Waals surface area contributed by atoms with Crippen molar-refractivity contribution < 1.29 is 19.1 Å². The molecule has 0 spiro atoms. The number of benzene rings is 2. The molecule has 1 fully saturated rings. The van der Waals surface area contributed by atoms with Gasteiger partial charge in [0.15, 0.2) is 0 Å². The summed E-state index contributed by atoms with van der Waals surface area (Å²) in [5, 5.41) is 3.47. The van der Waals surface area contributed by atoms with E-state index in [4.69, 9.17) is 16.3 Å². The molecule has 32 heavy (non-hydrogen) atoms. The first-order valence-electron chi connectivity index (χ1n) is 10.2. The minimum Gasteiger partial charge on any atom is -0.383 e. The third-order valence-electron chi connectivity index (χ3n) is 5.32. The van der Waals surface area contributed by atoms with E-state index >= 15 is 0 Å². The lowest BCUT2D eigenvalue weighted by molar-refractivity contribution is -0.132. The molecule has 0 atom stereocenters. The van der Waals surface area contributed by atoms with Crippen LogP contribution in [-0.2, 0) is 14.3 Å². The molecule has 1 aliphatic heterocycles. The zero-order valence-corrected chi connectivity index (χ0v) is 19.2. The fraction of sp³-hybridized carbons (Fsp3) is 0.348. The van der Waals surface area contributed by atoms with E-state index in [0.717, 1.165) is 16.8 Å². The Morgan fingerprint density at radius 1 is 1.12 bits per heavy atom. The second-order valence-electron chi connectivity index (χ2n) is 7.64. The Morgan fingerprint density at radius 3 is 2.41 bits per heavy atom. The molecule has 0 radical (unpaired) electrons. The van der Waals surface area contributed by atoms with Gasteiger partial charge in [0.1, 0.15) is 19.8 Å². The van der Waals surface area contributed by atoms with Crippen LogP contribution in [0.4, 0.5) is 16.2 Å². The van der Waals surface area contributed by atoms with Gasteiger partial charge in [-0.1, -0.05) is 29.8 Å². The van der Waals surface area contributed by atoms with E-state index in [1.54, 1.807) is 24.3 Å². The molecule has 1 heterocycles. The van der Waals surface area contributed by atoms with Crippen molar-refractivity contribution >= 4 is 40.8 Å². The highest BCUT2D eigenvalue weighted by Gasteiger charge is 2.33. The first kappa shape index (κ1) is 23.6. The van der Waals surface area contributed by atoms with Gasteiger partial charge in [-0.3, -0.25) is 14.5 Å². The van der Waals surface area contributed by atoms with Gasteiger partial charge in [-0.05, 0) is 49.2 Å². The first-order valence-corrected chi connectivity index (χ1v) is 10.6. The summed E-state index contributed by atoms with van der Waals surface area (Å²) in [4.78, 5) is 42.7. The molecule has 1 N–H and O–H groups in total. The van der Waals surface area contributed by atoms with Crippen LogP contribution in [0.1, 0.15) is 11.1 Å². The number of nitrogens with one attached hydrogen (secondary N) is 1. The lowest BCUT2D eigenvalue weighted by atomic mass is 10.1. The van der Waals surface area contributed by atoms with Gasteiger partial charge in [0.05, 0.1) is 6.61 Å². The van der Waals surface area contributed by atoms with Crippen molar-refractivity contribution in [2.24, 2.45) is 0 Å². The van der Waals surface area contributed by atoms with Crippen molar-refractivity contribution in [1.82, 2.24) is 9.80 Å². The quantitative estimate of drug-likeness (QED) is 0.690. The van der Waals surface area contributed by atoms with E-state index in [1.165, 1.54) is 21.8 Å².